The maximum Gasteiger partial charge on any atom is 0.251 e. The van der Waals surface area contributed by atoms with Gasteiger partial charge in [-0.25, -0.2) is 18.8 Å². The Morgan fingerprint density at radius 1 is 1.08 bits per heavy atom. The Morgan fingerprint density at radius 2 is 1.86 bits per heavy atom. The first-order valence-electron chi connectivity index (χ1n) is 13.1. The second-order valence-electron chi connectivity index (χ2n) is 9.92. The predicted octanol–water partition coefficient (Wildman–Crippen LogP) is 3.84. The number of aromatic nitrogens is 3. The lowest BCUT2D eigenvalue weighted by Crippen LogP contribution is -2.36. The summed E-state index contributed by atoms with van der Waals surface area (Å²) in [6.45, 7) is 5.39. The number of ether oxygens (including phenoxy) is 1. The summed E-state index contributed by atoms with van der Waals surface area (Å²) in [5.74, 6) is -0.211. The number of morpholine rings is 1. The first kappa shape index (κ1) is 24.3. The fourth-order valence-corrected chi connectivity index (χ4v) is 5.38. The number of halogens is 2. The summed E-state index contributed by atoms with van der Waals surface area (Å²) in [4.78, 5) is 20.5. The van der Waals surface area contributed by atoms with E-state index >= 15 is 8.78 Å². The van der Waals surface area contributed by atoms with Crippen LogP contribution in [-0.2, 0) is 11.3 Å². The van der Waals surface area contributed by atoms with E-state index in [0.717, 1.165) is 49.9 Å². The average molecular weight is 508 g/mol. The van der Waals surface area contributed by atoms with Crippen molar-refractivity contribution in [2.45, 2.75) is 32.2 Å². The van der Waals surface area contributed by atoms with Crippen LogP contribution in [0.1, 0.15) is 31.2 Å². The molecule has 6 rings (SSSR count). The minimum absolute atomic E-state index is 0.0746. The molecule has 10 heteroatoms. The van der Waals surface area contributed by atoms with Crippen LogP contribution in [0, 0.1) is 17.6 Å². The molecular formula is C27H31F2N7O. The highest BCUT2D eigenvalue weighted by molar-refractivity contribution is 5.99. The predicted molar refractivity (Wildman–Crippen MR) is 139 cm³/mol. The van der Waals surface area contributed by atoms with E-state index in [1.807, 2.05) is 11.0 Å². The van der Waals surface area contributed by atoms with E-state index in [1.54, 1.807) is 17.0 Å². The van der Waals surface area contributed by atoms with Crippen LogP contribution in [0.4, 0.5) is 14.7 Å². The number of piperidine rings is 1. The minimum atomic E-state index is -0.567. The number of hydrogen-bond acceptors (Lipinski definition) is 7. The van der Waals surface area contributed by atoms with Crippen molar-refractivity contribution < 1.29 is 13.5 Å². The lowest BCUT2D eigenvalue weighted by molar-refractivity contribution is 0.0332. The van der Waals surface area contributed by atoms with Gasteiger partial charge in [0.25, 0.3) is 5.95 Å². The highest BCUT2D eigenvalue weighted by Gasteiger charge is 2.22. The molecule has 3 aliphatic rings. The second kappa shape index (κ2) is 10.7. The number of aliphatic imine (C=N–C) groups is 2. The van der Waals surface area contributed by atoms with Crippen molar-refractivity contribution in [2.24, 2.45) is 15.9 Å². The van der Waals surface area contributed by atoms with Crippen molar-refractivity contribution in [1.29, 1.82) is 0 Å². The molecule has 0 spiro atoms. The highest BCUT2D eigenvalue weighted by Crippen LogP contribution is 2.26. The molecular weight excluding hydrogens is 476 g/mol. The Morgan fingerprint density at radius 3 is 2.59 bits per heavy atom. The largest absolute Gasteiger partial charge is 0.379 e. The van der Waals surface area contributed by atoms with Gasteiger partial charge in [-0.2, -0.15) is 4.98 Å². The number of rotatable bonds is 5. The summed E-state index contributed by atoms with van der Waals surface area (Å²) in [5, 5.41) is 4.18. The van der Waals surface area contributed by atoms with Crippen molar-refractivity contribution in [2.75, 3.05) is 45.9 Å². The van der Waals surface area contributed by atoms with E-state index in [-0.39, 0.29) is 12.1 Å². The van der Waals surface area contributed by atoms with Crippen LogP contribution in [0.15, 0.2) is 40.6 Å². The maximum absolute atomic E-state index is 15.0. The van der Waals surface area contributed by atoms with E-state index in [1.165, 1.54) is 17.8 Å². The molecule has 1 aromatic carbocycles. The molecule has 194 valence electrons. The van der Waals surface area contributed by atoms with Crippen LogP contribution in [0.25, 0.3) is 16.7 Å². The molecule has 0 radical (unpaired) electrons. The normalized spacial score (nSPS) is 21.0. The van der Waals surface area contributed by atoms with Crippen molar-refractivity contribution in [1.82, 2.24) is 24.8 Å². The number of benzene rings is 1. The van der Waals surface area contributed by atoms with E-state index in [0.29, 0.717) is 56.0 Å². The Bertz CT molecular complexity index is 1320. The Labute approximate surface area is 214 Å². The van der Waals surface area contributed by atoms with Gasteiger partial charge in [0.05, 0.1) is 25.4 Å². The molecule has 2 fully saturated rings. The van der Waals surface area contributed by atoms with Crippen molar-refractivity contribution >= 4 is 28.4 Å². The molecule has 0 aliphatic carbocycles. The van der Waals surface area contributed by atoms with E-state index in [2.05, 4.69) is 20.3 Å². The van der Waals surface area contributed by atoms with Gasteiger partial charge in [0.2, 0.25) is 0 Å². The van der Waals surface area contributed by atoms with E-state index in [9.17, 15) is 0 Å². The molecule has 37 heavy (non-hydrogen) atoms. The van der Waals surface area contributed by atoms with Gasteiger partial charge in [0.15, 0.2) is 0 Å². The maximum atomic E-state index is 15.0. The second-order valence-corrected chi connectivity index (χ2v) is 9.92. The van der Waals surface area contributed by atoms with Gasteiger partial charge in [0, 0.05) is 54.4 Å². The zero-order valence-electron chi connectivity index (χ0n) is 20.8. The molecule has 8 nitrogen and oxygen atoms in total. The fraction of sp³-hybridized carbons (Fsp3) is 0.481. The summed E-state index contributed by atoms with van der Waals surface area (Å²) in [6.07, 6.45) is 7.53. The Balaban J connectivity index is 1.23. The summed E-state index contributed by atoms with van der Waals surface area (Å²) in [6, 6.07) is 4.56. The molecule has 0 amide bonds. The van der Waals surface area contributed by atoms with Crippen LogP contribution in [0.3, 0.4) is 0 Å². The third-order valence-corrected chi connectivity index (χ3v) is 7.51. The molecule has 5 heterocycles. The first-order valence-corrected chi connectivity index (χ1v) is 13.1. The van der Waals surface area contributed by atoms with E-state index < -0.39 is 11.6 Å². The topological polar surface area (TPSA) is 79.9 Å². The summed E-state index contributed by atoms with van der Waals surface area (Å²) in [5.41, 5.74) is 3.28. The van der Waals surface area contributed by atoms with Gasteiger partial charge < -0.3 is 14.6 Å². The van der Waals surface area contributed by atoms with Crippen LogP contribution in [-0.4, -0.2) is 76.8 Å². The third kappa shape index (κ3) is 5.32. The first-order chi connectivity index (χ1) is 18.1. The van der Waals surface area contributed by atoms with Gasteiger partial charge >= 0.3 is 0 Å². The lowest BCUT2D eigenvalue weighted by atomic mass is 9.88. The quantitative estimate of drug-likeness (QED) is 0.568. The molecule has 0 bridgehead atoms. The lowest BCUT2D eigenvalue weighted by Gasteiger charge is -2.27. The van der Waals surface area contributed by atoms with Crippen molar-refractivity contribution in [3.05, 3.63) is 47.8 Å². The molecule has 2 aromatic heterocycles. The van der Waals surface area contributed by atoms with Gasteiger partial charge in [-0.05, 0) is 62.9 Å². The van der Waals surface area contributed by atoms with Gasteiger partial charge in [-0.1, -0.05) is 0 Å². The Hall–Kier alpha value is -3.08. The zero-order chi connectivity index (χ0) is 25.2. The Kier molecular flexibility index (Phi) is 7.04. The van der Waals surface area contributed by atoms with E-state index in [4.69, 9.17) is 9.73 Å². The van der Waals surface area contributed by atoms with Gasteiger partial charge in [0.1, 0.15) is 17.3 Å². The molecule has 1 N–H and O–H groups in total. The molecule has 0 saturated carbocycles. The molecule has 0 atom stereocenters. The van der Waals surface area contributed by atoms with Crippen LogP contribution in [0.5, 0.6) is 0 Å². The van der Waals surface area contributed by atoms with Crippen LogP contribution in [0.2, 0.25) is 0 Å². The molecule has 3 aliphatic heterocycles. The number of hydrogen-bond donors (Lipinski definition) is 1. The van der Waals surface area contributed by atoms with Crippen molar-refractivity contribution in [3.63, 3.8) is 0 Å². The number of fused-ring (bicyclic) bond motifs is 1. The number of nitrogens with one attached hydrogen (secondary N) is 1. The standard InChI is InChI=1S/C27H31F2N7O/c28-23-13-21(14-24(29)22(23)17-35-9-11-37-12-10-35)36-8-5-19-15-32-27(34-26(19)36)33-20-1-2-25(31-16-20)18-3-6-30-7-4-18/h5,8,13-15,18,30H,1-4,6-7,9-12,16-17H2. The molecule has 2 saturated heterocycles. The highest BCUT2D eigenvalue weighted by atomic mass is 19.1. The fourth-order valence-electron chi connectivity index (χ4n) is 5.38. The third-order valence-electron chi connectivity index (χ3n) is 7.51. The zero-order valence-corrected chi connectivity index (χ0v) is 20.8. The number of nitrogens with zero attached hydrogens (tertiary/aromatic N) is 6. The van der Waals surface area contributed by atoms with Gasteiger partial charge in [-0.3, -0.25) is 9.89 Å². The monoisotopic (exact) mass is 507 g/mol. The minimum Gasteiger partial charge on any atom is -0.379 e. The summed E-state index contributed by atoms with van der Waals surface area (Å²) in [7, 11) is 0. The molecule has 3 aromatic rings. The van der Waals surface area contributed by atoms with Gasteiger partial charge in [-0.15, -0.1) is 0 Å². The smallest absolute Gasteiger partial charge is 0.251 e. The van der Waals surface area contributed by atoms with Crippen molar-refractivity contribution in [3.8, 4) is 5.69 Å². The van der Waals surface area contributed by atoms with Crippen LogP contribution < -0.4 is 5.32 Å². The molecule has 0 unspecified atom stereocenters. The summed E-state index contributed by atoms with van der Waals surface area (Å²) < 4.78 is 37.1. The van der Waals surface area contributed by atoms with Crippen LogP contribution >= 0.6 is 0 Å². The summed E-state index contributed by atoms with van der Waals surface area (Å²) >= 11 is 0. The SMILES string of the molecule is Fc1cc(-n2ccc3cnc(N=C4CCC(C5CCNCC5)=NC4)nc32)cc(F)c1CN1CCOCC1. The average Bonchev–Trinajstić information content (AvgIpc) is 3.35.